The lowest BCUT2D eigenvalue weighted by Crippen LogP contribution is -2.45. The van der Waals surface area contributed by atoms with Crippen molar-refractivity contribution in [2.24, 2.45) is 11.1 Å². The number of hydrogen-bond acceptors (Lipinski definition) is 4. The van der Waals surface area contributed by atoms with Crippen molar-refractivity contribution in [3.8, 4) is 0 Å². The second-order valence-electron chi connectivity index (χ2n) is 6.60. The highest BCUT2D eigenvalue weighted by Crippen LogP contribution is 2.38. The molecule has 5 nitrogen and oxygen atoms in total. The van der Waals surface area contributed by atoms with E-state index in [1.165, 1.54) is 0 Å². The van der Waals surface area contributed by atoms with Crippen molar-refractivity contribution in [3.05, 3.63) is 65.7 Å². The molecule has 0 N–H and O–H groups in total. The fourth-order valence-electron chi connectivity index (χ4n) is 3.48. The normalized spacial score (nSPS) is 23.6. The SMILES string of the molecule is Cc1ccc(S(=O)(=O)N2CC3=NOC[C@@H]3C[C@H]2c2ccccc2)cc1. The first-order valence-electron chi connectivity index (χ1n) is 8.38. The zero-order chi connectivity index (χ0) is 17.4. The van der Waals surface area contributed by atoms with Gasteiger partial charge in [-0.1, -0.05) is 53.2 Å². The Morgan fingerprint density at radius 1 is 1.08 bits per heavy atom. The number of piperidine rings is 1. The summed E-state index contributed by atoms with van der Waals surface area (Å²) in [6.07, 6.45) is 0.688. The topological polar surface area (TPSA) is 59.0 Å². The van der Waals surface area contributed by atoms with E-state index in [4.69, 9.17) is 4.84 Å². The second-order valence-corrected chi connectivity index (χ2v) is 8.49. The molecular weight excluding hydrogens is 336 g/mol. The monoisotopic (exact) mass is 356 g/mol. The van der Waals surface area contributed by atoms with Gasteiger partial charge < -0.3 is 4.84 Å². The third-order valence-corrected chi connectivity index (χ3v) is 6.78. The average Bonchev–Trinajstić information content (AvgIpc) is 3.09. The van der Waals surface area contributed by atoms with Crippen molar-refractivity contribution in [2.75, 3.05) is 13.2 Å². The number of benzene rings is 2. The number of hydrogen-bond donors (Lipinski definition) is 0. The number of rotatable bonds is 3. The van der Waals surface area contributed by atoms with E-state index in [0.29, 0.717) is 17.9 Å². The fourth-order valence-corrected chi connectivity index (χ4v) is 5.07. The molecule has 0 spiro atoms. The molecule has 1 fully saturated rings. The molecule has 0 aromatic heterocycles. The molecule has 2 aromatic carbocycles. The predicted octanol–water partition coefficient (Wildman–Crippen LogP) is 3.13. The molecule has 0 radical (unpaired) electrons. The van der Waals surface area contributed by atoms with Crippen LogP contribution in [0.15, 0.2) is 64.6 Å². The Labute approximate surface area is 148 Å². The predicted molar refractivity (Wildman–Crippen MR) is 95.7 cm³/mol. The Kier molecular flexibility index (Phi) is 4.09. The second kappa shape index (κ2) is 6.28. The molecule has 2 heterocycles. The van der Waals surface area contributed by atoms with Crippen LogP contribution in [0.5, 0.6) is 0 Å². The van der Waals surface area contributed by atoms with Gasteiger partial charge in [0.25, 0.3) is 0 Å². The summed E-state index contributed by atoms with van der Waals surface area (Å²) in [4.78, 5) is 5.54. The fraction of sp³-hybridized carbons (Fsp3) is 0.316. The van der Waals surface area contributed by atoms with Gasteiger partial charge in [0.15, 0.2) is 0 Å². The number of sulfonamides is 1. The van der Waals surface area contributed by atoms with Crippen LogP contribution in [0, 0.1) is 12.8 Å². The van der Waals surface area contributed by atoms with Crippen LogP contribution in [0.2, 0.25) is 0 Å². The van der Waals surface area contributed by atoms with E-state index in [1.54, 1.807) is 16.4 Å². The lowest BCUT2D eigenvalue weighted by molar-refractivity contribution is 0.145. The maximum absolute atomic E-state index is 13.3. The Bertz CT molecular complexity index is 892. The third-order valence-electron chi connectivity index (χ3n) is 4.91. The standard InChI is InChI=1S/C19H20N2O3S/c1-14-7-9-17(10-8-14)25(22,23)21-12-18-16(13-24-20-18)11-19(21)15-5-3-2-4-6-15/h2-10,16,19H,11-13H2,1H3/t16-,19-/m0/s1. The van der Waals surface area contributed by atoms with E-state index in [-0.39, 0.29) is 18.5 Å². The van der Waals surface area contributed by atoms with E-state index in [9.17, 15) is 8.42 Å². The summed E-state index contributed by atoms with van der Waals surface area (Å²) >= 11 is 0. The maximum atomic E-state index is 13.3. The molecule has 25 heavy (non-hydrogen) atoms. The van der Waals surface area contributed by atoms with E-state index >= 15 is 0 Å². The molecule has 2 aliphatic heterocycles. The minimum absolute atomic E-state index is 0.190. The largest absolute Gasteiger partial charge is 0.395 e. The quantitative estimate of drug-likeness (QED) is 0.849. The molecule has 130 valence electrons. The molecule has 2 atom stereocenters. The van der Waals surface area contributed by atoms with Crippen LogP contribution in [0.1, 0.15) is 23.6 Å². The van der Waals surface area contributed by atoms with Gasteiger partial charge in [0.05, 0.1) is 23.2 Å². The van der Waals surface area contributed by atoms with Gasteiger partial charge in [0.1, 0.15) is 6.61 Å². The average molecular weight is 356 g/mol. The van der Waals surface area contributed by atoms with Crippen LogP contribution < -0.4 is 0 Å². The van der Waals surface area contributed by atoms with E-state index < -0.39 is 10.0 Å². The van der Waals surface area contributed by atoms with Crippen LogP contribution >= 0.6 is 0 Å². The zero-order valence-corrected chi connectivity index (χ0v) is 14.8. The first-order valence-corrected chi connectivity index (χ1v) is 9.82. The molecule has 6 heteroatoms. The first-order chi connectivity index (χ1) is 12.1. The van der Waals surface area contributed by atoms with E-state index in [1.807, 2.05) is 49.4 Å². The number of oxime groups is 1. The maximum Gasteiger partial charge on any atom is 0.243 e. The lowest BCUT2D eigenvalue weighted by Gasteiger charge is -2.37. The smallest absolute Gasteiger partial charge is 0.243 e. The highest BCUT2D eigenvalue weighted by atomic mass is 32.2. The number of nitrogens with zero attached hydrogens (tertiary/aromatic N) is 2. The lowest BCUT2D eigenvalue weighted by atomic mass is 9.88. The molecule has 0 bridgehead atoms. The number of aryl methyl sites for hydroxylation is 1. The van der Waals surface area contributed by atoms with Gasteiger partial charge in [-0.3, -0.25) is 0 Å². The highest BCUT2D eigenvalue weighted by molar-refractivity contribution is 7.89. The minimum atomic E-state index is -3.62. The van der Waals surface area contributed by atoms with Crippen molar-refractivity contribution in [1.29, 1.82) is 0 Å². The Morgan fingerprint density at radius 3 is 2.52 bits per heavy atom. The van der Waals surface area contributed by atoms with Gasteiger partial charge >= 0.3 is 0 Å². The summed E-state index contributed by atoms with van der Waals surface area (Å²) in [5, 5.41) is 4.07. The van der Waals surface area contributed by atoms with Gasteiger partial charge in [-0.05, 0) is 31.0 Å². The number of fused-ring (bicyclic) bond motifs is 1. The molecular formula is C19H20N2O3S. The molecule has 0 aliphatic carbocycles. The van der Waals surface area contributed by atoms with Crippen molar-refractivity contribution >= 4 is 15.7 Å². The molecule has 2 aromatic rings. The Balaban J connectivity index is 1.76. The van der Waals surface area contributed by atoms with Crippen molar-refractivity contribution in [2.45, 2.75) is 24.3 Å². The van der Waals surface area contributed by atoms with Gasteiger partial charge in [-0.25, -0.2) is 8.42 Å². The summed E-state index contributed by atoms with van der Waals surface area (Å²) in [7, 11) is -3.62. The van der Waals surface area contributed by atoms with Crippen LogP contribution in [0.3, 0.4) is 0 Å². The first kappa shape index (κ1) is 16.3. The summed E-state index contributed by atoms with van der Waals surface area (Å²) < 4.78 is 28.2. The van der Waals surface area contributed by atoms with Gasteiger partial charge in [-0.2, -0.15) is 4.31 Å². The van der Waals surface area contributed by atoms with Crippen LogP contribution in [-0.2, 0) is 14.9 Å². The molecule has 0 unspecified atom stereocenters. The van der Waals surface area contributed by atoms with Gasteiger partial charge in [-0.15, -0.1) is 0 Å². The van der Waals surface area contributed by atoms with Gasteiger partial charge in [0.2, 0.25) is 10.0 Å². The van der Waals surface area contributed by atoms with Crippen LogP contribution in [0.4, 0.5) is 0 Å². The highest BCUT2D eigenvalue weighted by Gasteiger charge is 2.42. The minimum Gasteiger partial charge on any atom is -0.395 e. The Hall–Kier alpha value is -2.18. The summed E-state index contributed by atoms with van der Waals surface area (Å²) in [6.45, 7) is 2.76. The van der Waals surface area contributed by atoms with Crippen molar-refractivity contribution in [1.82, 2.24) is 4.31 Å². The third kappa shape index (κ3) is 2.96. The summed E-state index contributed by atoms with van der Waals surface area (Å²) in [6, 6.07) is 16.6. The van der Waals surface area contributed by atoms with E-state index in [0.717, 1.165) is 16.8 Å². The van der Waals surface area contributed by atoms with E-state index in [2.05, 4.69) is 5.16 Å². The summed E-state index contributed by atoms with van der Waals surface area (Å²) in [5.41, 5.74) is 2.86. The Morgan fingerprint density at radius 2 is 1.80 bits per heavy atom. The van der Waals surface area contributed by atoms with Gasteiger partial charge in [0, 0.05) is 5.92 Å². The molecule has 1 saturated heterocycles. The van der Waals surface area contributed by atoms with Crippen LogP contribution in [0.25, 0.3) is 0 Å². The van der Waals surface area contributed by atoms with Crippen molar-refractivity contribution < 1.29 is 13.3 Å². The molecule has 2 aliphatic rings. The summed E-state index contributed by atoms with van der Waals surface area (Å²) in [5.74, 6) is 0.190. The molecule has 0 amide bonds. The molecule has 4 rings (SSSR count). The van der Waals surface area contributed by atoms with Crippen molar-refractivity contribution in [3.63, 3.8) is 0 Å². The van der Waals surface area contributed by atoms with Crippen LogP contribution in [-0.4, -0.2) is 31.6 Å². The zero-order valence-electron chi connectivity index (χ0n) is 14.0. The molecule has 0 saturated carbocycles.